The van der Waals surface area contributed by atoms with Crippen LogP contribution in [0.5, 0.6) is 0 Å². The van der Waals surface area contributed by atoms with Crippen molar-refractivity contribution < 1.29 is 4.79 Å². The number of amides is 1. The third-order valence-corrected chi connectivity index (χ3v) is 2.66. The molecule has 0 aliphatic rings. The molecule has 0 aliphatic carbocycles. The molecule has 0 atom stereocenters. The second-order valence-corrected chi connectivity index (χ2v) is 4.70. The van der Waals surface area contributed by atoms with Gasteiger partial charge in [-0.05, 0) is 24.0 Å². The summed E-state index contributed by atoms with van der Waals surface area (Å²) in [6.07, 6.45) is 1.19. The second-order valence-electron chi connectivity index (χ2n) is 4.29. The lowest BCUT2D eigenvalue weighted by Crippen LogP contribution is -2.27. The number of aryl methyl sites for hydroxylation is 1. The van der Waals surface area contributed by atoms with Crippen molar-refractivity contribution in [1.82, 2.24) is 5.32 Å². The van der Waals surface area contributed by atoms with E-state index in [0.717, 1.165) is 17.1 Å². The van der Waals surface area contributed by atoms with Crippen LogP contribution in [0.1, 0.15) is 25.8 Å². The molecule has 1 rings (SSSR count). The van der Waals surface area contributed by atoms with Crippen LogP contribution in [0.15, 0.2) is 24.3 Å². The smallest absolute Gasteiger partial charge is 0.220 e. The number of hydrogen-bond donors (Lipinski definition) is 1. The lowest BCUT2D eigenvalue weighted by molar-refractivity contribution is -0.121. The second kappa shape index (κ2) is 6.54. The van der Waals surface area contributed by atoms with Crippen molar-refractivity contribution in [3.05, 3.63) is 34.9 Å². The van der Waals surface area contributed by atoms with Crippen LogP contribution in [0.3, 0.4) is 0 Å². The fraction of sp³-hybridized carbons (Fsp3) is 0.462. The van der Waals surface area contributed by atoms with Gasteiger partial charge >= 0.3 is 0 Å². The molecular formula is C13H18ClNO. The van der Waals surface area contributed by atoms with Crippen LogP contribution in [0.2, 0.25) is 5.02 Å². The van der Waals surface area contributed by atoms with Crippen molar-refractivity contribution in [3.8, 4) is 0 Å². The fourth-order valence-electron chi connectivity index (χ4n) is 1.36. The zero-order valence-electron chi connectivity index (χ0n) is 9.79. The van der Waals surface area contributed by atoms with E-state index < -0.39 is 0 Å². The zero-order chi connectivity index (χ0) is 12.0. The van der Waals surface area contributed by atoms with Gasteiger partial charge in [0.15, 0.2) is 0 Å². The molecule has 0 radical (unpaired) electrons. The van der Waals surface area contributed by atoms with Gasteiger partial charge in [-0.2, -0.15) is 0 Å². The van der Waals surface area contributed by atoms with E-state index in [1.54, 1.807) is 0 Å². The molecule has 0 bridgehead atoms. The molecule has 16 heavy (non-hydrogen) atoms. The van der Waals surface area contributed by atoms with Crippen molar-refractivity contribution in [2.75, 3.05) is 6.54 Å². The van der Waals surface area contributed by atoms with E-state index in [4.69, 9.17) is 11.6 Å². The van der Waals surface area contributed by atoms with Crippen LogP contribution in [0.4, 0.5) is 0 Å². The van der Waals surface area contributed by atoms with Crippen molar-refractivity contribution >= 4 is 17.5 Å². The molecule has 0 fully saturated rings. The minimum absolute atomic E-state index is 0.0913. The third kappa shape index (κ3) is 4.67. The molecule has 0 heterocycles. The lowest BCUT2D eigenvalue weighted by Gasteiger charge is -2.08. The highest BCUT2D eigenvalue weighted by molar-refractivity contribution is 6.31. The van der Waals surface area contributed by atoms with Gasteiger partial charge in [-0.25, -0.2) is 0 Å². The summed E-state index contributed by atoms with van der Waals surface area (Å²) < 4.78 is 0. The lowest BCUT2D eigenvalue weighted by atomic mass is 10.1. The Morgan fingerprint density at radius 1 is 1.38 bits per heavy atom. The molecule has 1 amide bonds. The van der Waals surface area contributed by atoms with Crippen molar-refractivity contribution in [1.29, 1.82) is 0 Å². The summed E-state index contributed by atoms with van der Waals surface area (Å²) in [4.78, 5) is 11.5. The zero-order valence-corrected chi connectivity index (χ0v) is 10.6. The number of nitrogens with one attached hydrogen (secondary N) is 1. The molecule has 0 spiro atoms. The molecule has 88 valence electrons. The standard InChI is InChI=1S/C13H18ClNO/c1-10(2)9-15-13(16)8-7-11-5-3-4-6-12(11)14/h3-6,10H,7-9H2,1-2H3,(H,15,16). The van der Waals surface area contributed by atoms with Crippen LogP contribution < -0.4 is 5.32 Å². The van der Waals surface area contributed by atoms with Crippen LogP contribution in [-0.4, -0.2) is 12.5 Å². The molecular weight excluding hydrogens is 222 g/mol. The molecule has 0 aliphatic heterocycles. The predicted molar refractivity (Wildman–Crippen MR) is 67.6 cm³/mol. The normalized spacial score (nSPS) is 10.5. The Morgan fingerprint density at radius 2 is 2.06 bits per heavy atom. The molecule has 1 aromatic carbocycles. The van der Waals surface area contributed by atoms with Crippen molar-refractivity contribution in [3.63, 3.8) is 0 Å². The molecule has 3 heteroatoms. The first-order chi connectivity index (χ1) is 7.59. The van der Waals surface area contributed by atoms with E-state index in [0.29, 0.717) is 18.8 Å². The largest absolute Gasteiger partial charge is 0.356 e. The highest BCUT2D eigenvalue weighted by Gasteiger charge is 2.04. The average molecular weight is 240 g/mol. The van der Waals surface area contributed by atoms with Gasteiger partial charge in [-0.1, -0.05) is 43.6 Å². The van der Waals surface area contributed by atoms with E-state index in [2.05, 4.69) is 19.2 Å². The van der Waals surface area contributed by atoms with E-state index in [9.17, 15) is 4.79 Å². The maximum Gasteiger partial charge on any atom is 0.220 e. The van der Waals surface area contributed by atoms with Crippen LogP contribution in [-0.2, 0) is 11.2 Å². The van der Waals surface area contributed by atoms with Gasteiger partial charge in [-0.3, -0.25) is 4.79 Å². The number of carbonyl (C=O) groups is 1. The first-order valence-corrected chi connectivity index (χ1v) is 5.97. The number of benzene rings is 1. The Bertz CT molecular complexity index is 350. The Balaban J connectivity index is 2.35. The van der Waals surface area contributed by atoms with E-state index >= 15 is 0 Å². The fourth-order valence-corrected chi connectivity index (χ4v) is 1.59. The summed E-state index contributed by atoms with van der Waals surface area (Å²) in [5.74, 6) is 0.581. The number of halogens is 1. The van der Waals surface area contributed by atoms with Crippen molar-refractivity contribution in [2.24, 2.45) is 5.92 Å². The first kappa shape index (κ1) is 13.0. The molecule has 1 aromatic rings. The summed E-state index contributed by atoms with van der Waals surface area (Å²) in [5, 5.41) is 3.63. The van der Waals surface area contributed by atoms with Gasteiger partial charge in [-0.15, -0.1) is 0 Å². The molecule has 1 N–H and O–H groups in total. The van der Waals surface area contributed by atoms with Crippen LogP contribution in [0.25, 0.3) is 0 Å². The topological polar surface area (TPSA) is 29.1 Å². The Kier molecular flexibility index (Phi) is 5.33. The minimum atomic E-state index is 0.0913. The van der Waals surface area contributed by atoms with Crippen molar-refractivity contribution in [2.45, 2.75) is 26.7 Å². The number of rotatable bonds is 5. The molecule has 0 aromatic heterocycles. The highest BCUT2D eigenvalue weighted by Crippen LogP contribution is 2.16. The predicted octanol–water partition coefficient (Wildman–Crippen LogP) is 3.04. The van der Waals surface area contributed by atoms with Gasteiger partial charge in [0.2, 0.25) is 5.91 Å². The van der Waals surface area contributed by atoms with Gasteiger partial charge in [0.25, 0.3) is 0 Å². The molecule has 0 saturated heterocycles. The summed E-state index contributed by atoms with van der Waals surface area (Å²) in [6, 6.07) is 7.64. The maximum absolute atomic E-state index is 11.5. The average Bonchev–Trinajstić information content (AvgIpc) is 2.25. The third-order valence-electron chi connectivity index (χ3n) is 2.29. The SMILES string of the molecule is CC(C)CNC(=O)CCc1ccccc1Cl. The Hall–Kier alpha value is -1.02. The van der Waals surface area contributed by atoms with Gasteiger partial charge in [0, 0.05) is 18.0 Å². The highest BCUT2D eigenvalue weighted by atomic mass is 35.5. The van der Waals surface area contributed by atoms with Gasteiger partial charge < -0.3 is 5.32 Å². The number of carbonyl (C=O) groups excluding carboxylic acids is 1. The van der Waals surface area contributed by atoms with Crippen LogP contribution in [0, 0.1) is 5.92 Å². The summed E-state index contributed by atoms with van der Waals surface area (Å²) in [7, 11) is 0. The van der Waals surface area contributed by atoms with Crippen LogP contribution >= 0.6 is 11.6 Å². The summed E-state index contributed by atoms with van der Waals surface area (Å²) >= 11 is 6.00. The Morgan fingerprint density at radius 3 is 2.69 bits per heavy atom. The van der Waals surface area contributed by atoms with E-state index in [1.165, 1.54) is 0 Å². The molecule has 0 unspecified atom stereocenters. The summed E-state index contributed by atoms with van der Waals surface area (Å²) in [6.45, 7) is 4.89. The minimum Gasteiger partial charge on any atom is -0.356 e. The van der Waals surface area contributed by atoms with Gasteiger partial charge in [0.1, 0.15) is 0 Å². The molecule has 0 saturated carbocycles. The number of hydrogen-bond acceptors (Lipinski definition) is 1. The monoisotopic (exact) mass is 239 g/mol. The summed E-state index contributed by atoms with van der Waals surface area (Å²) in [5.41, 5.74) is 1.03. The first-order valence-electron chi connectivity index (χ1n) is 5.59. The maximum atomic E-state index is 11.5. The van der Waals surface area contributed by atoms with E-state index in [1.807, 2.05) is 24.3 Å². The van der Waals surface area contributed by atoms with Gasteiger partial charge in [0.05, 0.1) is 0 Å². The quantitative estimate of drug-likeness (QED) is 0.841. The molecule has 2 nitrogen and oxygen atoms in total. The Labute approximate surface area is 102 Å². The van der Waals surface area contributed by atoms with E-state index in [-0.39, 0.29) is 5.91 Å².